The average molecular weight is 685 g/mol. The molecule has 1 unspecified atom stereocenters. The Hall–Kier alpha value is -1.40. The predicted molar refractivity (Wildman–Crippen MR) is 197 cm³/mol. The summed E-state index contributed by atoms with van der Waals surface area (Å²) in [6, 6.07) is 0. The fourth-order valence-corrected chi connectivity index (χ4v) is 4.74. The topological polar surface area (TPSA) is 94.5 Å². The molecule has 262 valence electrons. The number of esters is 1. The van der Waals surface area contributed by atoms with Gasteiger partial charge in [0.1, 0.15) is 12.2 Å². The molecular formula is C35H68O7Si3. The lowest BCUT2D eigenvalue weighted by atomic mass is 10.2. The molecule has 10 heteroatoms. The lowest BCUT2D eigenvalue weighted by Crippen LogP contribution is -2.40. The van der Waals surface area contributed by atoms with Gasteiger partial charge in [0, 0.05) is 6.92 Å². The van der Waals surface area contributed by atoms with Gasteiger partial charge in [-0.2, -0.15) is 0 Å². The maximum Gasteiger partial charge on any atom is 0.303 e. The number of ether oxygens (including phenoxy) is 1. The predicted octanol–water partition coefficient (Wildman–Crippen LogP) is 7.75. The van der Waals surface area contributed by atoms with Gasteiger partial charge in [-0.25, -0.2) is 0 Å². The first-order valence-corrected chi connectivity index (χ1v) is 24.5. The first kappa shape index (κ1) is 48.0. The van der Waals surface area contributed by atoms with Crippen molar-refractivity contribution < 1.29 is 33.0 Å². The minimum Gasteiger partial charge on any atom is -0.450 e. The molecule has 0 bridgehead atoms. The van der Waals surface area contributed by atoms with E-state index in [9.17, 15) is 4.79 Å². The SMILES string of the molecule is CC(=O)O[C@H](C)C#CCO[Si](C)(C)C(C)(C)C.CC(O)C#CCO[Si](C)(C)C(C)(C)C.C[C@H](O)C#CCO[Si](C)(C)C(C)(C)C. The normalized spacial score (nSPS) is 14.2. The Bertz CT molecular complexity index is 989. The lowest BCUT2D eigenvalue weighted by molar-refractivity contribution is -0.143. The van der Waals surface area contributed by atoms with Gasteiger partial charge in [-0.15, -0.1) is 0 Å². The summed E-state index contributed by atoms with van der Waals surface area (Å²) in [5.74, 6) is 16.4. The summed E-state index contributed by atoms with van der Waals surface area (Å²) >= 11 is 0. The molecule has 0 saturated carbocycles. The molecule has 0 aromatic carbocycles. The van der Waals surface area contributed by atoms with Crippen LogP contribution in [0.2, 0.25) is 54.4 Å². The van der Waals surface area contributed by atoms with Gasteiger partial charge in [-0.05, 0) is 75.2 Å². The van der Waals surface area contributed by atoms with E-state index in [0.29, 0.717) is 19.8 Å². The van der Waals surface area contributed by atoms with Crippen molar-refractivity contribution in [2.24, 2.45) is 0 Å². The van der Waals surface area contributed by atoms with E-state index in [1.165, 1.54) is 6.92 Å². The first-order valence-electron chi connectivity index (χ1n) is 15.8. The van der Waals surface area contributed by atoms with Crippen molar-refractivity contribution in [1.82, 2.24) is 0 Å². The van der Waals surface area contributed by atoms with E-state index >= 15 is 0 Å². The van der Waals surface area contributed by atoms with Crippen LogP contribution in [0, 0.1) is 35.5 Å². The maximum absolute atomic E-state index is 10.7. The summed E-state index contributed by atoms with van der Waals surface area (Å²) in [6.07, 6.45) is -1.48. The fraction of sp³-hybridized carbons (Fsp3) is 0.800. The van der Waals surface area contributed by atoms with E-state index in [2.05, 4.69) is 137 Å². The highest BCUT2D eigenvalue weighted by atomic mass is 28.4. The lowest BCUT2D eigenvalue weighted by Gasteiger charge is -2.35. The van der Waals surface area contributed by atoms with Crippen LogP contribution >= 0.6 is 0 Å². The molecule has 3 atom stereocenters. The Balaban J connectivity index is -0.000000592. The second-order valence-electron chi connectivity index (χ2n) is 15.7. The fourth-order valence-electron chi connectivity index (χ4n) is 2.14. The third-order valence-corrected chi connectivity index (χ3v) is 21.6. The molecule has 0 aromatic heterocycles. The number of aliphatic hydroxyl groups excluding tert-OH is 2. The van der Waals surface area contributed by atoms with Gasteiger partial charge < -0.3 is 28.2 Å². The van der Waals surface area contributed by atoms with Gasteiger partial charge >= 0.3 is 5.97 Å². The molecule has 0 amide bonds. The van der Waals surface area contributed by atoms with Crippen LogP contribution in [0.15, 0.2) is 0 Å². The van der Waals surface area contributed by atoms with Crippen LogP contribution < -0.4 is 0 Å². The summed E-state index contributed by atoms with van der Waals surface area (Å²) in [5, 5.41) is 18.5. The van der Waals surface area contributed by atoms with Crippen molar-refractivity contribution in [1.29, 1.82) is 0 Å². The molecule has 0 heterocycles. The summed E-state index contributed by atoms with van der Waals surface area (Å²) in [4.78, 5) is 10.7. The minimum atomic E-state index is -1.72. The Kier molecular flexibility index (Phi) is 22.1. The van der Waals surface area contributed by atoms with Crippen molar-refractivity contribution in [3.63, 3.8) is 0 Å². The maximum atomic E-state index is 10.7. The second-order valence-corrected chi connectivity index (χ2v) is 30.1. The second kappa shape index (κ2) is 20.8. The first-order chi connectivity index (χ1) is 19.9. The third-order valence-electron chi connectivity index (χ3n) is 8.20. The molecule has 0 radical (unpaired) electrons. The summed E-state index contributed by atoms with van der Waals surface area (Å²) in [7, 11) is -5.04. The number of carbonyl (C=O) groups excluding carboxylic acids is 1. The van der Waals surface area contributed by atoms with Crippen LogP contribution in [0.4, 0.5) is 0 Å². The Morgan fingerprint density at radius 1 is 0.578 bits per heavy atom. The summed E-state index contributed by atoms with van der Waals surface area (Å²) in [5.41, 5.74) is 0. The third kappa shape index (κ3) is 24.4. The molecule has 2 N–H and O–H groups in total. The van der Waals surface area contributed by atoms with E-state index in [0.717, 1.165) is 0 Å². The Labute approximate surface area is 281 Å². The highest BCUT2D eigenvalue weighted by Gasteiger charge is 2.38. The molecule has 0 aliphatic carbocycles. The molecule has 0 fully saturated rings. The van der Waals surface area contributed by atoms with Crippen LogP contribution in [0.3, 0.4) is 0 Å². The van der Waals surface area contributed by atoms with Gasteiger partial charge in [-0.3, -0.25) is 4.79 Å². The van der Waals surface area contributed by atoms with Gasteiger partial charge in [-0.1, -0.05) is 97.8 Å². The monoisotopic (exact) mass is 684 g/mol. The molecule has 0 rings (SSSR count). The van der Waals surface area contributed by atoms with Crippen LogP contribution in [0.25, 0.3) is 0 Å². The van der Waals surface area contributed by atoms with Gasteiger partial charge in [0.2, 0.25) is 0 Å². The number of hydrogen-bond donors (Lipinski definition) is 2. The van der Waals surface area contributed by atoms with Crippen LogP contribution in [0.5, 0.6) is 0 Å². The molecule has 0 saturated heterocycles. The van der Waals surface area contributed by atoms with Crippen LogP contribution in [-0.2, 0) is 22.8 Å². The van der Waals surface area contributed by atoms with Gasteiger partial charge in [0.15, 0.2) is 31.1 Å². The highest BCUT2D eigenvalue weighted by Crippen LogP contribution is 2.37. The van der Waals surface area contributed by atoms with E-state index < -0.39 is 37.2 Å². The summed E-state index contributed by atoms with van der Waals surface area (Å²) in [6.45, 7) is 40.6. The van der Waals surface area contributed by atoms with Crippen molar-refractivity contribution in [3.05, 3.63) is 0 Å². The number of carbonyl (C=O) groups is 1. The number of hydrogen-bond acceptors (Lipinski definition) is 7. The largest absolute Gasteiger partial charge is 0.450 e. The van der Waals surface area contributed by atoms with Crippen LogP contribution in [0.1, 0.15) is 90.0 Å². The van der Waals surface area contributed by atoms with Crippen molar-refractivity contribution in [2.75, 3.05) is 19.8 Å². The van der Waals surface area contributed by atoms with Gasteiger partial charge in [0.25, 0.3) is 0 Å². The standard InChI is InChI=1S/C13H24O3Si.2C11H22O2Si/c1-11(16-12(2)14)9-8-10-15-17(6,7)13(3,4)5;2*1-10(12)8-7-9-13-14(5,6)11(2,3)4/h11H,10H2,1-7H3;2*10,12H,9H2,1-6H3/t11-;10-;/m10./s1. The smallest absolute Gasteiger partial charge is 0.303 e. The molecule has 0 aliphatic rings. The molecule has 45 heavy (non-hydrogen) atoms. The highest BCUT2D eigenvalue weighted by molar-refractivity contribution is 6.74. The van der Waals surface area contributed by atoms with E-state index in [1.807, 2.05) is 0 Å². The average Bonchev–Trinajstić information content (AvgIpc) is 2.80. The Morgan fingerprint density at radius 3 is 1.02 bits per heavy atom. The molecular weight excluding hydrogens is 617 g/mol. The zero-order valence-electron chi connectivity index (χ0n) is 32.3. The molecule has 0 aliphatic heterocycles. The summed E-state index contributed by atoms with van der Waals surface area (Å²) < 4.78 is 22.4. The zero-order chi connectivity index (χ0) is 36.5. The van der Waals surface area contributed by atoms with Crippen molar-refractivity contribution >= 4 is 30.9 Å². The van der Waals surface area contributed by atoms with E-state index in [-0.39, 0.29) is 27.2 Å². The quantitative estimate of drug-likeness (QED) is 0.161. The van der Waals surface area contributed by atoms with Crippen molar-refractivity contribution in [2.45, 2.75) is 163 Å². The molecule has 0 aromatic rings. The van der Waals surface area contributed by atoms with Crippen molar-refractivity contribution in [3.8, 4) is 35.5 Å². The molecule has 0 spiro atoms. The number of aliphatic hydroxyl groups is 2. The molecule has 7 nitrogen and oxygen atoms in total. The number of rotatable bonds is 7. The minimum absolute atomic E-state index is 0.191. The van der Waals surface area contributed by atoms with Crippen LogP contribution in [-0.4, -0.2) is 79.3 Å². The van der Waals surface area contributed by atoms with E-state index in [4.69, 9.17) is 28.2 Å². The Morgan fingerprint density at radius 2 is 0.822 bits per heavy atom. The van der Waals surface area contributed by atoms with E-state index in [1.54, 1.807) is 20.8 Å². The zero-order valence-corrected chi connectivity index (χ0v) is 35.3. The van der Waals surface area contributed by atoms with Gasteiger partial charge in [0.05, 0.1) is 19.8 Å².